The van der Waals surface area contributed by atoms with E-state index in [1.807, 2.05) is 12.1 Å². The smallest absolute Gasteiger partial charge is 0.221 e. The number of aryl methyl sites for hydroxylation is 1. The summed E-state index contributed by atoms with van der Waals surface area (Å²) in [6.45, 7) is 3.88. The highest BCUT2D eigenvalue weighted by Crippen LogP contribution is 2.19. The second kappa shape index (κ2) is 6.55. The molecule has 18 heavy (non-hydrogen) atoms. The van der Waals surface area contributed by atoms with E-state index in [2.05, 4.69) is 22.8 Å². The molecule has 1 aromatic rings. The second-order valence-corrected chi connectivity index (χ2v) is 5.11. The van der Waals surface area contributed by atoms with Crippen molar-refractivity contribution in [2.45, 2.75) is 32.6 Å². The zero-order valence-electron chi connectivity index (χ0n) is 11.0. The number of benzene rings is 1. The van der Waals surface area contributed by atoms with Gasteiger partial charge in [0.25, 0.3) is 0 Å². The van der Waals surface area contributed by atoms with E-state index >= 15 is 0 Å². The van der Waals surface area contributed by atoms with Gasteiger partial charge in [-0.3, -0.25) is 4.79 Å². The van der Waals surface area contributed by atoms with Gasteiger partial charge in [0.1, 0.15) is 0 Å². The normalized spacial score (nSPS) is 16.5. The van der Waals surface area contributed by atoms with Crippen LogP contribution in [0.3, 0.4) is 0 Å². The fourth-order valence-corrected chi connectivity index (χ4v) is 2.50. The first-order valence-electron chi connectivity index (χ1n) is 6.81. The van der Waals surface area contributed by atoms with E-state index in [1.54, 1.807) is 0 Å². The summed E-state index contributed by atoms with van der Waals surface area (Å²) < 4.78 is 0. The number of hydrogen-bond acceptors (Lipinski definition) is 2. The summed E-state index contributed by atoms with van der Waals surface area (Å²) >= 11 is 0. The van der Waals surface area contributed by atoms with Crippen LogP contribution in [0.4, 0.5) is 5.69 Å². The second-order valence-electron chi connectivity index (χ2n) is 5.11. The Morgan fingerprint density at radius 2 is 1.94 bits per heavy atom. The fraction of sp³-hybridized carbons (Fsp3) is 0.533. The number of piperidine rings is 1. The molecule has 3 nitrogen and oxygen atoms in total. The largest absolute Gasteiger partial charge is 0.326 e. The van der Waals surface area contributed by atoms with Crippen molar-refractivity contribution >= 4 is 11.6 Å². The van der Waals surface area contributed by atoms with Crippen molar-refractivity contribution in [3.63, 3.8) is 0 Å². The minimum absolute atomic E-state index is 0.0162. The number of anilines is 1. The Morgan fingerprint density at radius 1 is 1.28 bits per heavy atom. The Kier molecular flexibility index (Phi) is 4.76. The third kappa shape index (κ3) is 4.15. The van der Waals surface area contributed by atoms with Gasteiger partial charge in [-0.05, 0) is 62.4 Å². The molecule has 1 aliphatic rings. The van der Waals surface area contributed by atoms with E-state index in [1.165, 1.54) is 44.8 Å². The van der Waals surface area contributed by atoms with Gasteiger partial charge in [0, 0.05) is 12.6 Å². The summed E-state index contributed by atoms with van der Waals surface area (Å²) in [5, 5.41) is 6.19. The maximum Gasteiger partial charge on any atom is 0.221 e. The van der Waals surface area contributed by atoms with Crippen molar-refractivity contribution in [3.05, 3.63) is 29.8 Å². The predicted octanol–water partition coefficient (Wildman–Crippen LogP) is 2.58. The van der Waals surface area contributed by atoms with Crippen molar-refractivity contribution < 1.29 is 4.79 Å². The summed E-state index contributed by atoms with van der Waals surface area (Å²) in [6.07, 6.45) is 5.04. The summed E-state index contributed by atoms with van der Waals surface area (Å²) in [7, 11) is 0. The summed E-state index contributed by atoms with van der Waals surface area (Å²) in [4.78, 5) is 10.9. The summed E-state index contributed by atoms with van der Waals surface area (Å²) in [5.74, 6) is 0.860. The maximum absolute atomic E-state index is 10.9. The molecule has 1 fully saturated rings. The third-order valence-electron chi connectivity index (χ3n) is 3.57. The van der Waals surface area contributed by atoms with E-state index in [4.69, 9.17) is 0 Å². The molecule has 1 aromatic carbocycles. The standard InChI is InChI=1S/C15H22N2O/c1-12(18)17-15-6-4-13(5-7-15)2-3-14-8-10-16-11-9-14/h4-7,14,16H,2-3,8-11H2,1H3,(H,17,18). The highest BCUT2D eigenvalue weighted by Gasteiger charge is 2.12. The molecule has 0 spiro atoms. The molecule has 2 N–H and O–H groups in total. The molecule has 0 aliphatic carbocycles. The number of nitrogens with one attached hydrogen (secondary N) is 2. The van der Waals surface area contributed by atoms with Crippen LogP contribution in [-0.4, -0.2) is 19.0 Å². The van der Waals surface area contributed by atoms with Gasteiger partial charge in [-0.1, -0.05) is 12.1 Å². The Balaban J connectivity index is 1.80. The van der Waals surface area contributed by atoms with Crippen LogP contribution in [0.25, 0.3) is 0 Å². The number of rotatable bonds is 4. The molecular formula is C15H22N2O. The Hall–Kier alpha value is -1.35. The van der Waals surface area contributed by atoms with E-state index in [9.17, 15) is 4.79 Å². The van der Waals surface area contributed by atoms with Crippen LogP contribution < -0.4 is 10.6 Å². The molecule has 0 aromatic heterocycles. The molecule has 0 radical (unpaired) electrons. The molecule has 1 saturated heterocycles. The van der Waals surface area contributed by atoms with Crippen LogP contribution in [0.5, 0.6) is 0 Å². The van der Waals surface area contributed by atoms with E-state index < -0.39 is 0 Å². The van der Waals surface area contributed by atoms with Crippen molar-refractivity contribution in [1.82, 2.24) is 5.32 Å². The van der Waals surface area contributed by atoms with Gasteiger partial charge in [0.05, 0.1) is 0 Å². The van der Waals surface area contributed by atoms with Gasteiger partial charge in [-0.2, -0.15) is 0 Å². The average molecular weight is 246 g/mol. The van der Waals surface area contributed by atoms with Crippen LogP contribution in [0, 0.1) is 5.92 Å². The molecule has 3 heteroatoms. The van der Waals surface area contributed by atoms with Gasteiger partial charge >= 0.3 is 0 Å². The number of hydrogen-bond donors (Lipinski definition) is 2. The topological polar surface area (TPSA) is 41.1 Å². The monoisotopic (exact) mass is 246 g/mol. The molecule has 0 unspecified atom stereocenters. The number of amides is 1. The molecule has 0 atom stereocenters. The molecule has 0 bridgehead atoms. The zero-order valence-corrected chi connectivity index (χ0v) is 11.0. The lowest BCUT2D eigenvalue weighted by Crippen LogP contribution is -2.27. The number of carbonyl (C=O) groups is 1. The summed E-state index contributed by atoms with van der Waals surface area (Å²) in [6, 6.07) is 8.21. The van der Waals surface area contributed by atoms with Gasteiger partial charge in [0.15, 0.2) is 0 Å². The quantitative estimate of drug-likeness (QED) is 0.857. The molecule has 0 saturated carbocycles. The first kappa shape index (κ1) is 13.1. The predicted molar refractivity (Wildman–Crippen MR) is 74.7 cm³/mol. The van der Waals surface area contributed by atoms with Gasteiger partial charge in [-0.25, -0.2) is 0 Å². The highest BCUT2D eigenvalue weighted by molar-refractivity contribution is 5.88. The highest BCUT2D eigenvalue weighted by atomic mass is 16.1. The van der Waals surface area contributed by atoms with Crippen molar-refractivity contribution in [1.29, 1.82) is 0 Å². The van der Waals surface area contributed by atoms with Crippen LogP contribution in [0.15, 0.2) is 24.3 Å². The van der Waals surface area contributed by atoms with Crippen molar-refractivity contribution in [3.8, 4) is 0 Å². The molecule has 98 valence electrons. The minimum atomic E-state index is -0.0162. The van der Waals surface area contributed by atoms with E-state index in [0.717, 1.165) is 18.0 Å². The Morgan fingerprint density at radius 3 is 2.56 bits per heavy atom. The average Bonchev–Trinajstić information content (AvgIpc) is 2.38. The molecule has 1 heterocycles. The lowest BCUT2D eigenvalue weighted by atomic mass is 9.91. The van der Waals surface area contributed by atoms with Gasteiger partial charge in [0.2, 0.25) is 5.91 Å². The Labute approximate surface area is 109 Å². The van der Waals surface area contributed by atoms with E-state index in [0.29, 0.717) is 0 Å². The number of carbonyl (C=O) groups excluding carboxylic acids is 1. The first-order chi connectivity index (χ1) is 8.74. The molecule has 2 rings (SSSR count). The first-order valence-corrected chi connectivity index (χ1v) is 6.81. The van der Waals surface area contributed by atoms with Crippen molar-refractivity contribution in [2.24, 2.45) is 5.92 Å². The molecule has 1 aliphatic heterocycles. The van der Waals surface area contributed by atoms with Crippen LogP contribution in [0.2, 0.25) is 0 Å². The Bertz CT molecular complexity index is 380. The van der Waals surface area contributed by atoms with Crippen LogP contribution in [0.1, 0.15) is 31.7 Å². The van der Waals surface area contributed by atoms with Crippen LogP contribution >= 0.6 is 0 Å². The lowest BCUT2D eigenvalue weighted by Gasteiger charge is -2.22. The van der Waals surface area contributed by atoms with Gasteiger partial charge < -0.3 is 10.6 Å². The van der Waals surface area contributed by atoms with E-state index in [-0.39, 0.29) is 5.91 Å². The minimum Gasteiger partial charge on any atom is -0.326 e. The molecule has 1 amide bonds. The third-order valence-corrected chi connectivity index (χ3v) is 3.57. The maximum atomic E-state index is 10.9. The zero-order chi connectivity index (χ0) is 12.8. The lowest BCUT2D eigenvalue weighted by molar-refractivity contribution is -0.114. The molecular weight excluding hydrogens is 224 g/mol. The van der Waals surface area contributed by atoms with Crippen molar-refractivity contribution in [2.75, 3.05) is 18.4 Å². The fourth-order valence-electron chi connectivity index (χ4n) is 2.50. The van der Waals surface area contributed by atoms with Gasteiger partial charge in [-0.15, -0.1) is 0 Å². The van der Waals surface area contributed by atoms with Crippen LogP contribution in [-0.2, 0) is 11.2 Å². The summed E-state index contributed by atoms with van der Waals surface area (Å²) in [5.41, 5.74) is 2.25. The SMILES string of the molecule is CC(=O)Nc1ccc(CCC2CCNCC2)cc1.